The summed E-state index contributed by atoms with van der Waals surface area (Å²) < 4.78 is 0. The minimum absolute atomic E-state index is 0.0297. The van der Waals surface area contributed by atoms with Crippen LogP contribution in [0.4, 0.5) is 0 Å². The molecule has 1 aromatic carbocycles. The molecule has 2 amide bonds. The van der Waals surface area contributed by atoms with Gasteiger partial charge >= 0.3 is 0 Å². The number of carbonyl (C=O) groups is 2. The van der Waals surface area contributed by atoms with Crippen molar-refractivity contribution in [3.63, 3.8) is 0 Å². The van der Waals surface area contributed by atoms with Crippen LogP contribution in [0.2, 0.25) is 0 Å². The molecule has 1 N–H and O–H groups in total. The molecule has 0 aromatic heterocycles. The number of hydrogen-bond acceptors (Lipinski definition) is 2. The van der Waals surface area contributed by atoms with E-state index < -0.39 is 0 Å². The molecule has 0 saturated carbocycles. The summed E-state index contributed by atoms with van der Waals surface area (Å²) in [6.45, 7) is 9.94. The molecule has 0 aliphatic carbocycles. The predicted molar refractivity (Wildman–Crippen MR) is 89.6 cm³/mol. The Kier molecular flexibility index (Phi) is 5.75. The van der Waals surface area contributed by atoms with Gasteiger partial charge in [0.05, 0.1) is 6.54 Å². The average molecular weight is 304 g/mol. The van der Waals surface area contributed by atoms with Crippen molar-refractivity contribution < 1.29 is 9.59 Å². The summed E-state index contributed by atoms with van der Waals surface area (Å²) in [7, 11) is 1.67. The van der Waals surface area contributed by atoms with Crippen LogP contribution in [0.3, 0.4) is 0 Å². The van der Waals surface area contributed by atoms with Crippen LogP contribution in [0.25, 0.3) is 0 Å². The van der Waals surface area contributed by atoms with E-state index in [0.29, 0.717) is 6.42 Å². The first-order chi connectivity index (χ1) is 10.0. The second-order valence-corrected chi connectivity index (χ2v) is 7.47. The van der Waals surface area contributed by atoms with Gasteiger partial charge in [-0.1, -0.05) is 44.2 Å². The fraction of sp³-hybridized carbons (Fsp3) is 0.556. The summed E-state index contributed by atoms with van der Waals surface area (Å²) in [6, 6.07) is 9.97. The maximum Gasteiger partial charge on any atom is 0.240 e. The lowest BCUT2D eigenvalue weighted by Gasteiger charge is -2.28. The van der Waals surface area contributed by atoms with E-state index in [0.717, 1.165) is 5.56 Å². The van der Waals surface area contributed by atoms with Crippen LogP contribution < -0.4 is 5.32 Å². The topological polar surface area (TPSA) is 49.4 Å². The first-order valence-electron chi connectivity index (χ1n) is 7.62. The van der Waals surface area contributed by atoms with Gasteiger partial charge in [0.15, 0.2) is 0 Å². The van der Waals surface area contributed by atoms with Crippen molar-refractivity contribution in [1.82, 2.24) is 10.2 Å². The highest BCUT2D eigenvalue weighted by molar-refractivity contribution is 5.85. The Morgan fingerprint density at radius 2 is 1.59 bits per heavy atom. The number of hydrogen-bond donors (Lipinski definition) is 1. The zero-order chi connectivity index (χ0) is 17.0. The molecule has 0 aliphatic heterocycles. The van der Waals surface area contributed by atoms with Crippen LogP contribution in [0.5, 0.6) is 0 Å². The third-order valence-corrected chi connectivity index (χ3v) is 3.47. The highest BCUT2D eigenvalue weighted by Crippen LogP contribution is 2.27. The SMILES string of the molecule is CN(CC(=O)NC(C)(C)C)C(=O)CC(C)(C)c1ccccc1. The van der Waals surface area contributed by atoms with Crippen molar-refractivity contribution in [2.45, 2.75) is 52.0 Å². The Hall–Kier alpha value is -1.84. The van der Waals surface area contributed by atoms with E-state index in [1.54, 1.807) is 7.05 Å². The molecule has 0 spiro atoms. The van der Waals surface area contributed by atoms with E-state index in [9.17, 15) is 9.59 Å². The molecule has 0 radical (unpaired) electrons. The van der Waals surface area contributed by atoms with Gasteiger partial charge < -0.3 is 10.2 Å². The summed E-state index contributed by atoms with van der Waals surface area (Å²) in [5, 5.41) is 2.87. The Labute approximate surface area is 133 Å². The normalized spacial score (nSPS) is 11.9. The van der Waals surface area contributed by atoms with Gasteiger partial charge in [0.1, 0.15) is 0 Å². The highest BCUT2D eigenvalue weighted by atomic mass is 16.2. The quantitative estimate of drug-likeness (QED) is 0.909. The summed E-state index contributed by atoms with van der Waals surface area (Å²) in [6.07, 6.45) is 0.371. The van der Waals surface area contributed by atoms with Crippen LogP contribution in [-0.4, -0.2) is 35.8 Å². The summed E-state index contributed by atoms with van der Waals surface area (Å²) >= 11 is 0. The van der Waals surface area contributed by atoms with Crippen LogP contribution in [0, 0.1) is 0 Å². The first-order valence-corrected chi connectivity index (χ1v) is 7.62. The van der Waals surface area contributed by atoms with Gasteiger partial charge in [-0.25, -0.2) is 0 Å². The zero-order valence-corrected chi connectivity index (χ0v) is 14.6. The highest BCUT2D eigenvalue weighted by Gasteiger charge is 2.26. The van der Waals surface area contributed by atoms with Gasteiger partial charge in [0.25, 0.3) is 0 Å². The monoisotopic (exact) mass is 304 g/mol. The number of likely N-dealkylation sites (N-methyl/N-ethyl adjacent to an activating group) is 1. The smallest absolute Gasteiger partial charge is 0.240 e. The van der Waals surface area contributed by atoms with Crippen molar-refractivity contribution in [2.24, 2.45) is 0 Å². The van der Waals surface area contributed by atoms with E-state index in [4.69, 9.17) is 0 Å². The number of amides is 2. The lowest BCUT2D eigenvalue weighted by molar-refractivity contribution is -0.136. The van der Waals surface area contributed by atoms with Crippen molar-refractivity contribution in [3.8, 4) is 0 Å². The maximum atomic E-state index is 12.4. The van der Waals surface area contributed by atoms with Gasteiger partial charge in [-0.05, 0) is 31.7 Å². The van der Waals surface area contributed by atoms with Gasteiger partial charge in [0.2, 0.25) is 11.8 Å². The van der Waals surface area contributed by atoms with Crippen molar-refractivity contribution in [2.75, 3.05) is 13.6 Å². The van der Waals surface area contributed by atoms with E-state index in [-0.39, 0.29) is 29.3 Å². The fourth-order valence-corrected chi connectivity index (χ4v) is 2.27. The molecular weight excluding hydrogens is 276 g/mol. The Morgan fingerprint density at radius 1 is 1.05 bits per heavy atom. The molecule has 4 heteroatoms. The van der Waals surface area contributed by atoms with Gasteiger partial charge in [0, 0.05) is 19.0 Å². The summed E-state index contributed by atoms with van der Waals surface area (Å²) in [5.41, 5.74) is 0.577. The van der Waals surface area contributed by atoms with Crippen LogP contribution in [0.1, 0.15) is 46.6 Å². The number of benzene rings is 1. The molecule has 0 heterocycles. The van der Waals surface area contributed by atoms with Gasteiger partial charge in [-0.15, -0.1) is 0 Å². The van der Waals surface area contributed by atoms with E-state index in [2.05, 4.69) is 5.32 Å². The van der Waals surface area contributed by atoms with E-state index in [1.807, 2.05) is 65.0 Å². The molecule has 0 bridgehead atoms. The third kappa shape index (κ3) is 5.88. The average Bonchev–Trinajstić information content (AvgIpc) is 2.36. The Balaban J connectivity index is 2.63. The lowest BCUT2D eigenvalue weighted by atomic mass is 9.81. The number of rotatable bonds is 5. The van der Waals surface area contributed by atoms with Crippen LogP contribution in [0.15, 0.2) is 30.3 Å². The molecule has 122 valence electrons. The summed E-state index contributed by atoms with van der Waals surface area (Å²) in [5.74, 6) is -0.168. The third-order valence-electron chi connectivity index (χ3n) is 3.47. The molecule has 0 fully saturated rings. The minimum atomic E-state index is -0.287. The lowest BCUT2D eigenvalue weighted by Crippen LogP contribution is -2.46. The molecule has 0 unspecified atom stereocenters. The zero-order valence-electron chi connectivity index (χ0n) is 14.6. The standard InChI is InChI=1S/C18H28N2O2/c1-17(2,3)19-15(21)13-20(6)16(22)12-18(4,5)14-10-8-7-9-11-14/h7-11H,12-13H2,1-6H3,(H,19,21). The minimum Gasteiger partial charge on any atom is -0.350 e. The van der Waals surface area contributed by atoms with Crippen LogP contribution >= 0.6 is 0 Å². The molecule has 0 saturated heterocycles. The number of nitrogens with zero attached hydrogens (tertiary/aromatic N) is 1. The molecule has 0 atom stereocenters. The van der Waals surface area contributed by atoms with Crippen LogP contribution in [-0.2, 0) is 15.0 Å². The molecule has 4 nitrogen and oxygen atoms in total. The Morgan fingerprint density at radius 3 is 2.09 bits per heavy atom. The van der Waals surface area contributed by atoms with Crippen molar-refractivity contribution in [1.29, 1.82) is 0 Å². The predicted octanol–water partition coefficient (Wildman–Crippen LogP) is 2.73. The second-order valence-electron chi connectivity index (χ2n) is 7.47. The van der Waals surface area contributed by atoms with Crippen molar-refractivity contribution >= 4 is 11.8 Å². The second kappa shape index (κ2) is 6.95. The maximum absolute atomic E-state index is 12.4. The number of carbonyl (C=O) groups excluding carboxylic acids is 2. The Bertz CT molecular complexity index is 516. The van der Waals surface area contributed by atoms with Gasteiger partial charge in [-0.2, -0.15) is 0 Å². The largest absolute Gasteiger partial charge is 0.350 e. The van der Waals surface area contributed by atoms with E-state index >= 15 is 0 Å². The number of nitrogens with one attached hydrogen (secondary N) is 1. The molecule has 0 aliphatic rings. The molecule has 1 aromatic rings. The molecule has 1 rings (SSSR count). The molecular formula is C18H28N2O2. The van der Waals surface area contributed by atoms with Gasteiger partial charge in [-0.3, -0.25) is 9.59 Å². The first kappa shape index (κ1) is 18.2. The summed E-state index contributed by atoms with van der Waals surface area (Å²) in [4.78, 5) is 25.8. The molecule has 22 heavy (non-hydrogen) atoms. The van der Waals surface area contributed by atoms with Crippen molar-refractivity contribution in [3.05, 3.63) is 35.9 Å². The van der Waals surface area contributed by atoms with E-state index in [1.165, 1.54) is 4.90 Å². The fourth-order valence-electron chi connectivity index (χ4n) is 2.27.